The van der Waals surface area contributed by atoms with Gasteiger partial charge < -0.3 is 4.74 Å². The van der Waals surface area contributed by atoms with E-state index in [4.69, 9.17) is 4.74 Å². The third kappa shape index (κ3) is 3.37. The van der Waals surface area contributed by atoms with Crippen LogP contribution in [0.4, 0.5) is 0 Å². The van der Waals surface area contributed by atoms with Crippen LogP contribution in [0.2, 0.25) is 0 Å². The maximum atomic E-state index is 5.94. The molecule has 0 unspecified atom stereocenters. The number of rotatable bonds is 5. The lowest BCUT2D eigenvalue weighted by molar-refractivity contribution is 0.305. The lowest BCUT2D eigenvalue weighted by Crippen LogP contribution is -1.96. The van der Waals surface area contributed by atoms with Crippen molar-refractivity contribution < 1.29 is 4.74 Å². The zero-order valence-corrected chi connectivity index (χ0v) is 14.1. The lowest BCUT2D eigenvalue weighted by atomic mass is 10.2. The number of thiophene rings is 1. The summed E-state index contributed by atoms with van der Waals surface area (Å²) in [5.74, 6) is 0.931. The third-order valence-corrected chi connectivity index (χ3v) is 5.05. The molecule has 0 aliphatic carbocycles. The van der Waals surface area contributed by atoms with Crippen LogP contribution < -0.4 is 4.74 Å². The molecule has 0 aliphatic rings. The quantitative estimate of drug-likeness (QED) is 0.609. The summed E-state index contributed by atoms with van der Waals surface area (Å²) >= 11 is 8.84. The van der Waals surface area contributed by atoms with E-state index in [1.807, 2.05) is 23.5 Å². The van der Waals surface area contributed by atoms with Crippen LogP contribution >= 0.6 is 43.2 Å². The molecule has 4 heteroatoms. The largest absolute Gasteiger partial charge is 0.487 e. The summed E-state index contributed by atoms with van der Waals surface area (Å²) in [5, 5.41) is 0.798. The summed E-state index contributed by atoms with van der Waals surface area (Å²) in [4.78, 5) is 2.67. The predicted octanol–water partition coefficient (Wildman–Crippen LogP) is 5.55. The van der Waals surface area contributed by atoms with E-state index in [0.717, 1.165) is 27.5 Å². The standard InChI is InChI=1S/C14H14Br2OS/c1-2-11-6-7-12(18-11)9-17-14-10(8-15)4-3-5-13(14)16/h3-7H,2,8-9H2,1H3. The van der Waals surface area contributed by atoms with E-state index < -0.39 is 0 Å². The van der Waals surface area contributed by atoms with Gasteiger partial charge in [-0.15, -0.1) is 11.3 Å². The van der Waals surface area contributed by atoms with Crippen molar-refractivity contribution in [2.24, 2.45) is 0 Å². The van der Waals surface area contributed by atoms with Crippen LogP contribution in [-0.4, -0.2) is 0 Å². The number of halogens is 2. The van der Waals surface area contributed by atoms with Crippen molar-refractivity contribution in [3.8, 4) is 5.75 Å². The Bertz CT molecular complexity index is 522. The molecule has 0 spiro atoms. The Labute approximate surface area is 128 Å². The zero-order valence-electron chi connectivity index (χ0n) is 10.1. The Morgan fingerprint density at radius 3 is 2.61 bits per heavy atom. The van der Waals surface area contributed by atoms with Crippen molar-refractivity contribution in [3.63, 3.8) is 0 Å². The molecule has 96 valence electrons. The minimum absolute atomic E-state index is 0.632. The molecule has 0 N–H and O–H groups in total. The molecule has 1 aromatic carbocycles. The Morgan fingerprint density at radius 1 is 1.17 bits per heavy atom. The molecule has 1 aromatic heterocycles. The van der Waals surface area contributed by atoms with Crippen LogP contribution in [0.15, 0.2) is 34.8 Å². The Kier molecular flexibility index (Phi) is 5.27. The van der Waals surface area contributed by atoms with Gasteiger partial charge in [0.25, 0.3) is 0 Å². The molecule has 1 nitrogen and oxygen atoms in total. The first-order chi connectivity index (χ1) is 8.74. The summed E-state index contributed by atoms with van der Waals surface area (Å²) in [6.07, 6.45) is 1.09. The molecule has 18 heavy (non-hydrogen) atoms. The number of para-hydroxylation sites is 1. The molecule has 0 amide bonds. The molecule has 0 fully saturated rings. The molecule has 0 bridgehead atoms. The van der Waals surface area contributed by atoms with E-state index in [0.29, 0.717) is 6.61 Å². The molecule has 0 saturated heterocycles. The summed E-state index contributed by atoms with van der Waals surface area (Å²) in [6, 6.07) is 10.4. The SMILES string of the molecule is CCc1ccc(COc2c(Br)cccc2CBr)s1. The van der Waals surface area contributed by atoms with E-state index in [2.05, 4.69) is 57.0 Å². The number of aryl methyl sites for hydroxylation is 1. The second-order valence-corrected chi connectivity index (χ2v) is 6.54. The Balaban J connectivity index is 2.10. The summed E-state index contributed by atoms with van der Waals surface area (Å²) in [7, 11) is 0. The smallest absolute Gasteiger partial charge is 0.138 e. The zero-order chi connectivity index (χ0) is 13.0. The van der Waals surface area contributed by atoms with Gasteiger partial charge >= 0.3 is 0 Å². The first-order valence-electron chi connectivity index (χ1n) is 5.78. The fourth-order valence-corrected chi connectivity index (χ4v) is 3.49. The van der Waals surface area contributed by atoms with Gasteiger partial charge in [-0.3, -0.25) is 0 Å². The number of ether oxygens (including phenoxy) is 1. The summed E-state index contributed by atoms with van der Waals surface area (Å²) < 4.78 is 6.94. The van der Waals surface area contributed by atoms with E-state index in [1.165, 1.54) is 9.75 Å². The predicted molar refractivity (Wildman–Crippen MR) is 84.8 cm³/mol. The molecule has 0 radical (unpaired) electrons. The fraction of sp³-hybridized carbons (Fsp3) is 0.286. The number of alkyl halides is 1. The van der Waals surface area contributed by atoms with Crippen molar-refractivity contribution >= 4 is 43.2 Å². The van der Waals surface area contributed by atoms with Crippen LogP contribution in [0.1, 0.15) is 22.2 Å². The van der Waals surface area contributed by atoms with Crippen molar-refractivity contribution in [1.29, 1.82) is 0 Å². The van der Waals surface area contributed by atoms with Gasteiger partial charge in [0.2, 0.25) is 0 Å². The Morgan fingerprint density at radius 2 is 1.94 bits per heavy atom. The van der Waals surface area contributed by atoms with Gasteiger partial charge in [-0.1, -0.05) is 35.0 Å². The molecule has 0 atom stereocenters. The average Bonchev–Trinajstić information content (AvgIpc) is 2.85. The topological polar surface area (TPSA) is 9.23 Å². The molecule has 1 heterocycles. The van der Waals surface area contributed by atoms with E-state index >= 15 is 0 Å². The van der Waals surface area contributed by atoms with Gasteiger partial charge in [-0.05, 0) is 40.5 Å². The number of benzene rings is 1. The fourth-order valence-electron chi connectivity index (χ4n) is 1.65. The normalized spacial score (nSPS) is 10.6. The number of hydrogen-bond donors (Lipinski definition) is 0. The molecule has 2 rings (SSSR count). The lowest BCUT2D eigenvalue weighted by Gasteiger charge is -2.11. The minimum atomic E-state index is 0.632. The highest BCUT2D eigenvalue weighted by molar-refractivity contribution is 9.10. The molecular formula is C14H14Br2OS. The van der Waals surface area contributed by atoms with Crippen molar-refractivity contribution in [1.82, 2.24) is 0 Å². The van der Waals surface area contributed by atoms with Crippen molar-refractivity contribution in [2.45, 2.75) is 25.3 Å². The van der Waals surface area contributed by atoms with Crippen LogP contribution in [0, 0.1) is 0 Å². The molecule has 0 saturated carbocycles. The van der Waals surface area contributed by atoms with E-state index in [-0.39, 0.29) is 0 Å². The van der Waals surface area contributed by atoms with Crippen LogP contribution in [0.25, 0.3) is 0 Å². The van der Waals surface area contributed by atoms with Gasteiger partial charge in [0, 0.05) is 20.6 Å². The van der Waals surface area contributed by atoms with Crippen LogP contribution in [-0.2, 0) is 18.4 Å². The molecular weight excluding hydrogens is 376 g/mol. The maximum Gasteiger partial charge on any atom is 0.138 e. The van der Waals surface area contributed by atoms with Gasteiger partial charge in [0.05, 0.1) is 4.47 Å². The van der Waals surface area contributed by atoms with Gasteiger partial charge in [0.15, 0.2) is 0 Å². The van der Waals surface area contributed by atoms with Gasteiger partial charge in [-0.25, -0.2) is 0 Å². The first kappa shape index (κ1) is 14.1. The minimum Gasteiger partial charge on any atom is -0.487 e. The maximum absolute atomic E-state index is 5.94. The second kappa shape index (κ2) is 6.73. The Hall–Kier alpha value is -0.320. The highest BCUT2D eigenvalue weighted by atomic mass is 79.9. The highest BCUT2D eigenvalue weighted by Crippen LogP contribution is 2.31. The average molecular weight is 390 g/mol. The van der Waals surface area contributed by atoms with Gasteiger partial charge in [0.1, 0.15) is 12.4 Å². The first-order valence-corrected chi connectivity index (χ1v) is 8.51. The van der Waals surface area contributed by atoms with Gasteiger partial charge in [-0.2, -0.15) is 0 Å². The molecule has 2 aromatic rings. The van der Waals surface area contributed by atoms with Crippen LogP contribution in [0.3, 0.4) is 0 Å². The summed E-state index contributed by atoms with van der Waals surface area (Å²) in [6.45, 7) is 2.81. The van der Waals surface area contributed by atoms with Crippen molar-refractivity contribution in [2.75, 3.05) is 0 Å². The van der Waals surface area contributed by atoms with Crippen molar-refractivity contribution in [3.05, 3.63) is 50.1 Å². The monoisotopic (exact) mass is 388 g/mol. The second-order valence-electron chi connectivity index (χ2n) is 3.87. The van der Waals surface area contributed by atoms with E-state index in [9.17, 15) is 0 Å². The molecule has 0 aliphatic heterocycles. The van der Waals surface area contributed by atoms with Crippen LogP contribution in [0.5, 0.6) is 5.75 Å². The third-order valence-electron chi connectivity index (χ3n) is 2.62. The number of hydrogen-bond acceptors (Lipinski definition) is 2. The summed E-state index contributed by atoms with van der Waals surface area (Å²) in [5.41, 5.74) is 1.16. The highest BCUT2D eigenvalue weighted by Gasteiger charge is 2.08. The van der Waals surface area contributed by atoms with E-state index in [1.54, 1.807) is 0 Å².